The monoisotopic (exact) mass is 240 g/mol. The molecule has 0 bridgehead atoms. The van der Waals surface area contributed by atoms with Gasteiger partial charge in [0.1, 0.15) is 5.75 Å². The van der Waals surface area contributed by atoms with Crippen molar-refractivity contribution in [3.8, 4) is 17.2 Å². The third-order valence-corrected chi connectivity index (χ3v) is 2.92. The highest BCUT2D eigenvalue weighted by Crippen LogP contribution is 2.34. The van der Waals surface area contributed by atoms with Crippen LogP contribution < -0.4 is 0 Å². The number of hydrogen-bond acceptors (Lipinski definition) is 4. The summed E-state index contributed by atoms with van der Waals surface area (Å²) in [7, 11) is 0. The number of rotatable bonds is 2. The summed E-state index contributed by atoms with van der Waals surface area (Å²) >= 11 is 0. The molecule has 1 aromatic heterocycles. The maximum atomic E-state index is 10.3. The van der Waals surface area contributed by atoms with Gasteiger partial charge in [-0.1, -0.05) is 42.4 Å². The first-order valence-corrected chi connectivity index (χ1v) is 5.83. The molecule has 0 unspecified atom stereocenters. The largest absolute Gasteiger partial charge is 0.506 e. The van der Waals surface area contributed by atoms with Crippen LogP contribution in [0.15, 0.2) is 40.9 Å². The molecule has 0 saturated heterocycles. The van der Waals surface area contributed by atoms with Gasteiger partial charge in [0, 0.05) is 11.8 Å². The number of nitrogens with zero attached hydrogens (tertiary/aromatic N) is 2. The van der Waals surface area contributed by atoms with Gasteiger partial charge in [-0.25, -0.2) is 0 Å². The van der Waals surface area contributed by atoms with Gasteiger partial charge < -0.3 is 9.63 Å². The maximum absolute atomic E-state index is 10.3. The smallest absolute Gasteiger partial charge is 0.261 e. The van der Waals surface area contributed by atoms with Gasteiger partial charge in [0.05, 0.1) is 5.56 Å². The van der Waals surface area contributed by atoms with Crippen molar-refractivity contribution in [2.24, 2.45) is 0 Å². The molecule has 3 rings (SSSR count). The SMILES string of the molecule is CCc1noc(-c2ccc3ccccc3c2O)n1. The van der Waals surface area contributed by atoms with Crippen LogP contribution >= 0.6 is 0 Å². The van der Waals surface area contributed by atoms with E-state index in [1.54, 1.807) is 6.07 Å². The molecule has 0 radical (unpaired) electrons. The number of aromatic nitrogens is 2. The fourth-order valence-corrected chi connectivity index (χ4v) is 1.93. The molecule has 1 N–H and O–H groups in total. The van der Waals surface area contributed by atoms with Gasteiger partial charge in [-0.2, -0.15) is 4.98 Å². The van der Waals surface area contributed by atoms with Gasteiger partial charge in [-0.3, -0.25) is 0 Å². The van der Waals surface area contributed by atoms with E-state index in [-0.39, 0.29) is 5.75 Å². The molecular weight excluding hydrogens is 228 g/mol. The molecule has 1 heterocycles. The predicted molar refractivity (Wildman–Crippen MR) is 68.3 cm³/mol. The Hall–Kier alpha value is -2.36. The standard InChI is InChI=1S/C14H12N2O2/c1-2-12-15-14(18-16-12)11-8-7-9-5-3-4-6-10(9)13(11)17/h3-8,17H,2H2,1H3. The first-order chi connectivity index (χ1) is 8.79. The van der Waals surface area contributed by atoms with Crippen molar-refractivity contribution in [2.45, 2.75) is 13.3 Å². The molecule has 0 aliphatic carbocycles. The van der Waals surface area contributed by atoms with Gasteiger partial charge in [-0.05, 0) is 11.5 Å². The lowest BCUT2D eigenvalue weighted by atomic mass is 10.1. The van der Waals surface area contributed by atoms with Gasteiger partial charge in [0.2, 0.25) is 0 Å². The van der Waals surface area contributed by atoms with Crippen LogP contribution in [0.3, 0.4) is 0 Å². The van der Waals surface area contributed by atoms with Crippen LogP contribution in [0.2, 0.25) is 0 Å². The van der Waals surface area contributed by atoms with E-state index in [9.17, 15) is 5.11 Å². The summed E-state index contributed by atoms with van der Waals surface area (Å²) in [5, 5.41) is 15.9. The lowest BCUT2D eigenvalue weighted by Crippen LogP contribution is -1.84. The minimum atomic E-state index is 0.180. The minimum absolute atomic E-state index is 0.180. The molecule has 0 spiro atoms. The molecule has 0 amide bonds. The van der Waals surface area contributed by atoms with Crippen LogP contribution in [0.5, 0.6) is 5.75 Å². The quantitative estimate of drug-likeness (QED) is 0.747. The van der Waals surface area contributed by atoms with Crippen LogP contribution in [0.4, 0.5) is 0 Å². The van der Waals surface area contributed by atoms with Crippen molar-refractivity contribution >= 4 is 10.8 Å². The van der Waals surface area contributed by atoms with E-state index >= 15 is 0 Å². The summed E-state index contributed by atoms with van der Waals surface area (Å²) in [6, 6.07) is 11.4. The minimum Gasteiger partial charge on any atom is -0.506 e. The Morgan fingerprint density at radius 3 is 2.78 bits per heavy atom. The van der Waals surface area contributed by atoms with Gasteiger partial charge >= 0.3 is 0 Å². The van der Waals surface area contributed by atoms with E-state index in [0.717, 1.165) is 10.8 Å². The molecule has 18 heavy (non-hydrogen) atoms. The normalized spacial score (nSPS) is 10.9. The van der Waals surface area contributed by atoms with Crippen molar-refractivity contribution in [3.63, 3.8) is 0 Å². The number of hydrogen-bond donors (Lipinski definition) is 1. The Morgan fingerprint density at radius 1 is 1.17 bits per heavy atom. The van der Waals surface area contributed by atoms with Crippen molar-refractivity contribution in [3.05, 3.63) is 42.2 Å². The molecule has 90 valence electrons. The number of fused-ring (bicyclic) bond motifs is 1. The second kappa shape index (κ2) is 4.14. The molecule has 2 aromatic carbocycles. The molecule has 0 aliphatic heterocycles. The van der Waals surface area contributed by atoms with Crippen molar-refractivity contribution in [2.75, 3.05) is 0 Å². The van der Waals surface area contributed by atoms with Crippen LogP contribution in [0, 0.1) is 0 Å². The van der Waals surface area contributed by atoms with Crippen LogP contribution in [0.25, 0.3) is 22.2 Å². The third kappa shape index (κ3) is 1.62. The Kier molecular flexibility index (Phi) is 2.48. The van der Waals surface area contributed by atoms with Gasteiger partial charge in [-0.15, -0.1) is 0 Å². The first kappa shape index (κ1) is 10.8. The number of phenolic OH excluding ortho intramolecular Hbond substituents is 1. The van der Waals surface area contributed by atoms with Crippen molar-refractivity contribution in [1.82, 2.24) is 10.1 Å². The third-order valence-electron chi connectivity index (χ3n) is 2.92. The summed E-state index contributed by atoms with van der Waals surface area (Å²) < 4.78 is 5.15. The zero-order valence-electron chi connectivity index (χ0n) is 9.92. The van der Waals surface area contributed by atoms with Gasteiger partial charge in [0.15, 0.2) is 5.82 Å². The van der Waals surface area contributed by atoms with E-state index in [2.05, 4.69) is 10.1 Å². The highest BCUT2D eigenvalue weighted by Gasteiger charge is 2.14. The molecule has 0 atom stereocenters. The zero-order valence-corrected chi connectivity index (χ0v) is 9.92. The van der Waals surface area contributed by atoms with Gasteiger partial charge in [0.25, 0.3) is 5.89 Å². The fourth-order valence-electron chi connectivity index (χ4n) is 1.93. The van der Waals surface area contributed by atoms with Crippen LogP contribution in [0.1, 0.15) is 12.7 Å². The molecule has 3 aromatic rings. The molecule has 4 nitrogen and oxygen atoms in total. The average molecular weight is 240 g/mol. The topological polar surface area (TPSA) is 59.2 Å². The van der Waals surface area contributed by atoms with E-state index in [1.165, 1.54) is 0 Å². The number of aryl methyl sites for hydroxylation is 1. The second-order valence-electron chi connectivity index (χ2n) is 4.05. The van der Waals surface area contributed by atoms with E-state index in [1.807, 2.05) is 37.3 Å². The molecule has 0 aliphatic rings. The van der Waals surface area contributed by atoms with Crippen molar-refractivity contribution < 1.29 is 9.63 Å². The Balaban J connectivity index is 2.20. The lowest BCUT2D eigenvalue weighted by Gasteiger charge is -2.04. The number of aromatic hydroxyl groups is 1. The van der Waals surface area contributed by atoms with Crippen molar-refractivity contribution in [1.29, 1.82) is 0 Å². The molecule has 4 heteroatoms. The predicted octanol–water partition coefficient (Wildman–Crippen LogP) is 3.16. The van der Waals surface area contributed by atoms with E-state index in [4.69, 9.17) is 4.52 Å². The highest BCUT2D eigenvalue weighted by atomic mass is 16.5. The summed E-state index contributed by atoms with van der Waals surface area (Å²) in [4.78, 5) is 4.23. The Labute approximate surface area is 104 Å². The zero-order chi connectivity index (χ0) is 12.5. The van der Waals surface area contributed by atoms with E-state index in [0.29, 0.717) is 23.7 Å². The Morgan fingerprint density at radius 2 is 2.00 bits per heavy atom. The fraction of sp³-hybridized carbons (Fsp3) is 0.143. The summed E-state index contributed by atoms with van der Waals surface area (Å²) in [5.74, 6) is 1.17. The maximum Gasteiger partial charge on any atom is 0.261 e. The van der Waals surface area contributed by atoms with Crippen LogP contribution in [-0.4, -0.2) is 15.2 Å². The molecule has 0 saturated carbocycles. The summed E-state index contributed by atoms with van der Waals surface area (Å²) in [6.07, 6.45) is 0.706. The highest BCUT2D eigenvalue weighted by molar-refractivity contribution is 5.93. The summed E-state index contributed by atoms with van der Waals surface area (Å²) in [6.45, 7) is 1.95. The number of phenols is 1. The lowest BCUT2D eigenvalue weighted by molar-refractivity contribution is 0.418. The summed E-state index contributed by atoms with van der Waals surface area (Å²) in [5.41, 5.74) is 0.570. The Bertz CT molecular complexity index is 704. The number of benzene rings is 2. The first-order valence-electron chi connectivity index (χ1n) is 5.83. The molecule has 0 fully saturated rings. The molecular formula is C14H12N2O2. The van der Waals surface area contributed by atoms with Crippen LogP contribution in [-0.2, 0) is 6.42 Å². The van der Waals surface area contributed by atoms with E-state index < -0.39 is 0 Å². The average Bonchev–Trinajstić information content (AvgIpc) is 2.88. The second-order valence-corrected chi connectivity index (χ2v) is 4.05.